The molecule has 1 aromatic heterocycles. The molecule has 0 aliphatic carbocycles. The van der Waals surface area contributed by atoms with Gasteiger partial charge in [-0.25, -0.2) is 4.79 Å². The minimum Gasteiger partial charge on any atom is -0.422 e. The van der Waals surface area contributed by atoms with Crippen molar-refractivity contribution in [1.82, 2.24) is 0 Å². The molecule has 0 aliphatic rings. The highest BCUT2D eigenvalue weighted by Crippen LogP contribution is 2.23. The minimum atomic E-state index is -0.282. The van der Waals surface area contributed by atoms with Crippen molar-refractivity contribution in [2.45, 2.75) is 6.92 Å². The highest BCUT2D eigenvalue weighted by atomic mass is 16.4. The fourth-order valence-electron chi connectivity index (χ4n) is 2.11. The number of fused-ring (bicyclic) bond motifs is 1. The van der Waals surface area contributed by atoms with E-state index in [4.69, 9.17) is 4.42 Å². The Balaban J connectivity index is 2.34. The quantitative estimate of drug-likeness (QED) is 0.643. The third-order valence-corrected chi connectivity index (χ3v) is 3.08. The topological polar surface area (TPSA) is 30.2 Å². The van der Waals surface area contributed by atoms with Gasteiger partial charge in [-0.15, -0.1) is 0 Å². The third kappa shape index (κ3) is 1.72. The van der Waals surface area contributed by atoms with Gasteiger partial charge >= 0.3 is 5.63 Å². The van der Waals surface area contributed by atoms with Gasteiger partial charge in [0.2, 0.25) is 0 Å². The molecule has 0 saturated carbocycles. The van der Waals surface area contributed by atoms with Gasteiger partial charge in [-0.05, 0) is 30.0 Å². The standard InChI is InChI=1S/C16H12O2/c1-11-6-5-9-13-14(11)10-15(18-16(13)17)12-7-3-2-4-8-12/h2-10H,1H3. The van der Waals surface area contributed by atoms with E-state index in [1.807, 2.05) is 55.5 Å². The van der Waals surface area contributed by atoms with Crippen LogP contribution in [0.5, 0.6) is 0 Å². The first kappa shape index (κ1) is 10.8. The van der Waals surface area contributed by atoms with Crippen LogP contribution < -0.4 is 5.63 Å². The Hall–Kier alpha value is -2.35. The zero-order chi connectivity index (χ0) is 12.5. The smallest absolute Gasteiger partial charge is 0.344 e. The van der Waals surface area contributed by atoms with Crippen LogP contribution in [0, 0.1) is 6.92 Å². The van der Waals surface area contributed by atoms with Crippen LogP contribution in [0.4, 0.5) is 0 Å². The van der Waals surface area contributed by atoms with Gasteiger partial charge in [0, 0.05) is 5.56 Å². The Labute approximate surface area is 105 Å². The summed E-state index contributed by atoms with van der Waals surface area (Å²) < 4.78 is 5.38. The molecule has 0 radical (unpaired) electrons. The van der Waals surface area contributed by atoms with Gasteiger partial charge in [-0.3, -0.25) is 0 Å². The van der Waals surface area contributed by atoms with Crippen molar-refractivity contribution in [2.24, 2.45) is 0 Å². The van der Waals surface area contributed by atoms with Crippen LogP contribution >= 0.6 is 0 Å². The summed E-state index contributed by atoms with van der Waals surface area (Å²) >= 11 is 0. The van der Waals surface area contributed by atoms with E-state index in [0.717, 1.165) is 16.5 Å². The van der Waals surface area contributed by atoms with E-state index in [0.29, 0.717) is 11.1 Å². The van der Waals surface area contributed by atoms with E-state index in [1.165, 1.54) is 0 Å². The molecule has 0 amide bonds. The third-order valence-electron chi connectivity index (χ3n) is 3.08. The van der Waals surface area contributed by atoms with Crippen molar-refractivity contribution in [3.63, 3.8) is 0 Å². The maximum absolute atomic E-state index is 12.0. The molecule has 0 spiro atoms. The van der Waals surface area contributed by atoms with E-state index >= 15 is 0 Å². The number of aryl methyl sites for hydroxylation is 1. The number of hydrogen-bond donors (Lipinski definition) is 0. The Kier molecular flexibility index (Phi) is 2.49. The van der Waals surface area contributed by atoms with Gasteiger partial charge in [0.25, 0.3) is 0 Å². The van der Waals surface area contributed by atoms with Crippen molar-refractivity contribution < 1.29 is 4.42 Å². The molecule has 3 aromatic rings. The Morgan fingerprint density at radius 3 is 2.44 bits per heavy atom. The first-order chi connectivity index (χ1) is 8.75. The van der Waals surface area contributed by atoms with Crippen LogP contribution in [0.25, 0.3) is 22.1 Å². The predicted molar refractivity (Wildman–Crippen MR) is 72.7 cm³/mol. The summed E-state index contributed by atoms with van der Waals surface area (Å²) in [6.45, 7) is 2.00. The molecule has 88 valence electrons. The summed E-state index contributed by atoms with van der Waals surface area (Å²) in [7, 11) is 0. The lowest BCUT2D eigenvalue weighted by Gasteiger charge is -2.04. The monoisotopic (exact) mass is 236 g/mol. The van der Waals surface area contributed by atoms with Gasteiger partial charge in [-0.1, -0.05) is 42.5 Å². The largest absolute Gasteiger partial charge is 0.422 e. The van der Waals surface area contributed by atoms with Gasteiger partial charge in [0.1, 0.15) is 5.76 Å². The molecule has 0 aliphatic heterocycles. The van der Waals surface area contributed by atoms with Crippen LogP contribution in [-0.2, 0) is 0 Å². The first-order valence-electron chi connectivity index (χ1n) is 5.84. The van der Waals surface area contributed by atoms with Crippen LogP contribution in [0.15, 0.2) is 63.8 Å². The summed E-state index contributed by atoms with van der Waals surface area (Å²) in [6.07, 6.45) is 0. The molecule has 18 heavy (non-hydrogen) atoms. The van der Waals surface area contributed by atoms with Crippen molar-refractivity contribution in [2.75, 3.05) is 0 Å². The average molecular weight is 236 g/mol. The second-order valence-corrected chi connectivity index (χ2v) is 4.30. The van der Waals surface area contributed by atoms with Gasteiger partial charge in [0.05, 0.1) is 5.39 Å². The predicted octanol–water partition coefficient (Wildman–Crippen LogP) is 3.77. The molecular formula is C16H12O2. The highest BCUT2D eigenvalue weighted by Gasteiger charge is 2.07. The molecule has 0 saturated heterocycles. The molecule has 3 rings (SSSR count). The fourth-order valence-corrected chi connectivity index (χ4v) is 2.11. The molecule has 2 aromatic carbocycles. The Morgan fingerprint density at radius 1 is 0.889 bits per heavy atom. The summed E-state index contributed by atoms with van der Waals surface area (Å²) in [5.74, 6) is 0.613. The van der Waals surface area contributed by atoms with Gasteiger partial charge in [-0.2, -0.15) is 0 Å². The van der Waals surface area contributed by atoms with Crippen LogP contribution in [0.1, 0.15) is 5.56 Å². The molecule has 0 fully saturated rings. The lowest BCUT2D eigenvalue weighted by atomic mass is 10.1. The maximum Gasteiger partial charge on any atom is 0.344 e. The molecule has 2 nitrogen and oxygen atoms in total. The van der Waals surface area contributed by atoms with Crippen molar-refractivity contribution in [3.8, 4) is 11.3 Å². The molecular weight excluding hydrogens is 224 g/mol. The average Bonchev–Trinajstić information content (AvgIpc) is 2.41. The Bertz CT molecular complexity index is 755. The number of benzene rings is 2. The maximum atomic E-state index is 12.0. The minimum absolute atomic E-state index is 0.282. The SMILES string of the molecule is Cc1cccc2c(=O)oc(-c3ccccc3)cc12. The molecule has 0 bridgehead atoms. The van der Waals surface area contributed by atoms with Gasteiger partial charge in [0.15, 0.2) is 0 Å². The fraction of sp³-hybridized carbons (Fsp3) is 0.0625. The molecule has 0 atom stereocenters. The van der Waals surface area contributed by atoms with E-state index in [1.54, 1.807) is 6.07 Å². The van der Waals surface area contributed by atoms with E-state index < -0.39 is 0 Å². The van der Waals surface area contributed by atoms with Crippen LogP contribution in [0.2, 0.25) is 0 Å². The molecule has 1 heterocycles. The second-order valence-electron chi connectivity index (χ2n) is 4.30. The van der Waals surface area contributed by atoms with Gasteiger partial charge < -0.3 is 4.42 Å². The van der Waals surface area contributed by atoms with E-state index in [9.17, 15) is 4.79 Å². The van der Waals surface area contributed by atoms with Crippen molar-refractivity contribution in [3.05, 3.63) is 70.6 Å². The molecule has 0 N–H and O–H groups in total. The number of hydrogen-bond acceptors (Lipinski definition) is 2. The summed E-state index contributed by atoms with van der Waals surface area (Å²) in [5, 5.41) is 1.59. The lowest BCUT2D eigenvalue weighted by Crippen LogP contribution is -2.00. The van der Waals surface area contributed by atoms with E-state index in [2.05, 4.69) is 0 Å². The van der Waals surface area contributed by atoms with Crippen LogP contribution in [0.3, 0.4) is 0 Å². The normalized spacial score (nSPS) is 10.7. The summed E-state index contributed by atoms with van der Waals surface area (Å²) in [6, 6.07) is 17.3. The van der Waals surface area contributed by atoms with Crippen molar-refractivity contribution >= 4 is 10.8 Å². The lowest BCUT2D eigenvalue weighted by molar-refractivity contribution is 0.534. The zero-order valence-corrected chi connectivity index (χ0v) is 10.0. The Morgan fingerprint density at radius 2 is 1.67 bits per heavy atom. The van der Waals surface area contributed by atoms with Crippen LogP contribution in [-0.4, -0.2) is 0 Å². The summed E-state index contributed by atoms with van der Waals surface area (Å²) in [5.41, 5.74) is 1.72. The van der Waals surface area contributed by atoms with E-state index in [-0.39, 0.29) is 5.63 Å². The molecule has 0 unspecified atom stereocenters. The first-order valence-corrected chi connectivity index (χ1v) is 5.84. The second kappa shape index (κ2) is 4.15. The zero-order valence-electron chi connectivity index (χ0n) is 10.0. The highest BCUT2D eigenvalue weighted by molar-refractivity contribution is 5.86. The van der Waals surface area contributed by atoms with Crippen molar-refractivity contribution in [1.29, 1.82) is 0 Å². The number of rotatable bonds is 1. The summed E-state index contributed by atoms with van der Waals surface area (Å²) in [4.78, 5) is 12.0. The molecule has 2 heteroatoms.